The molecule has 4 rings (SSSR count). The molecule has 6 nitrogen and oxygen atoms in total. The van der Waals surface area contributed by atoms with E-state index in [0.717, 1.165) is 33.6 Å². The number of aliphatic imine (C=N–C) groups is 2. The van der Waals surface area contributed by atoms with E-state index in [1.165, 1.54) is 0 Å². The maximum atomic E-state index is 12.8. The van der Waals surface area contributed by atoms with Gasteiger partial charge in [0.1, 0.15) is 0 Å². The van der Waals surface area contributed by atoms with Crippen molar-refractivity contribution in [2.75, 3.05) is 0 Å². The molecule has 0 amide bonds. The summed E-state index contributed by atoms with van der Waals surface area (Å²) in [6.45, 7) is 25.2. The molecule has 4 aromatic rings. The zero-order valence-electron chi connectivity index (χ0n) is 31.0. The van der Waals surface area contributed by atoms with Gasteiger partial charge >= 0.3 is 50.4 Å². The SMILES string of the molecule is CC(C)(C)c1cc(N=Cc2ccccn2)c([O-])c(C(C)(C)C)c1.CC(C)(C)c1cc(N=Cc2ccccn2)c([O-])c(C(C)(C)C)c1.[Cl][Cu+].[Cl][Cu+]. The predicted octanol–water partition coefficient (Wildman–Crippen LogP) is 10.4. The van der Waals surface area contributed by atoms with Crippen LogP contribution in [0.25, 0.3) is 0 Å². The molecule has 0 bridgehead atoms. The van der Waals surface area contributed by atoms with Gasteiger partial charge in [0, 0.05) is 12.4 Å². The van der Waals surface area contributed by atoms with Crippen molar-refractivity contribution in [2.24, 2.45) is 9.98 Å². The van der Waals surface area contributed by atoms with Crippen LogP contribution in [0.3, 0.4) is 0 Å². The first-order valence-corrected chi connectivity index (χ1v) is 18.6. The molecule has 50 heavy (non-hydrogen) atoms. The molecule has 0 unspecified atom stereocenters. The Morgan fingerprint density at radius 2 is 0.840 bits per heavy atom. The molecule has 2 aromatic carbocycles. The summed E-state index contributed by atoms with van der Waals surface area (Å²) < 4.78 is 0. The van der Waals surface area contributed by atoms with Gasteiger partial charge in [-0.1, -0.05) is 119 Å². The molecule has 0 aliphatic heterocycles. The molecular weight excluding hydrogens is 766 g/mol. The van der Waals surface area contributed by atoms with E-state index in [4.69, 9.17) is 0 Å². The number of benzene rings is 2. The van der Waals surface area contributed by atoms with Crippen molar-refractivity contribution in [3.05, 3.63) is 107 Å². The summed E-state index contributed by atoms with van der Waals surface area (Å²) in [5.41, 5.74) is 5.78. The van der Waals surface area contributed by atoms with Gasteiger partial charge in [-0.25, -0.2) is 0 Å². The van der Waals surface area contributed by atoms with Crippen molar-refractivity contribution in [2.45, 2.75) is 105 Å². The van der Waals surface area contributed by atoms with Crippen molar-refractivity contribution in [1.29, 1.82) is 0 Å². The standard InChI is InChI=1S/2C20H26N2O.2ClH.2Cu/c2*1-19(2,3)14-11-16(20(4,5)6)18(23)17(12-14)22-13-15-9-7-8-10-21-15;;;;/h2*7-13,23H,1-6H3;2*1H;;/q;;;;2*+2/p-4. The average molecular weight is 817 g/mol. The molecule has 0 N–H and O–H groups in total. The predicted molar refractivity (Wildman–Crippen MR) is 201 cm³/mol. The topological polar surface area (TPSA) is 96.6 Å². The van der Waals surface area contributed by atoms with Gasteiger partial charge in [0.2, 0.25) is 0 Å². The van der Waals surface area contributed by atoms with Crippen molar-refractivity contribution in [3.63, 3.8) is 0 Å². The summed E-state index contributed by atoms with van der Waals surface area (Å²) in [6.07, 6.45) is 6.72. The Bertz CT molecular complexity index is 1560. The van der Waals surface area contributed by atoms with Crippen molar-refractivity contribution in [3.8, 4) is 11.5 Å². The molecule has 0 saturated heterocycles. The average Bonchev–Trinajstić information content (AvgIpc) is 3.05. The van der Waals surface area contributed by atoms with Crippen LogP contribution in [-0.4, -0.2) is 22.4 Å². The van der Waals surface area contributed by atoms with Gasteiger partial charge in [0.15, 0.2) is 0 Å². The van der Waals surface area contributed by atoms with Crippen LogP contribution in [0.4, 0.5) is 11.4 Å². The Balaban J connectivity index is 0.000000455. The fourth-order valence-corrected chi connectivity index (χ4v) is 4.58. The van der Waals surface area contributed by atoms with Crippen molar-refractivity contribution < 1.29 is 40.4 Å². The number of rotatable bonds is 4. The molecule has 10 heteroatoms. The number of nitrogens with zero attached hydrogens (tertiary/aromatic N) is 4. The maximum absolute atomic E-state index is 12.8. The van der Waals surface area contributed by atoms with E-state index in [1.807, 2.05) is 60.7 Å². The summed E-state index contributed by atoms with van der Waals surface area (Å²) in [5.74, 6) is -0.00429. The first-order chi connectivity index (χ1) is 23.2. The van der Waals surface area contributed by atoms with Gasteiger partial charge in [-0.2, -0.15) is 0 Å². The van der Waals surface area contributed by atoms with E-state index < -0.39 is 0 Å². The number of hydrogen-bond donors (Lipinski definition) is 0. The van der Waals surface area contributed by atoms with Gasteiger partial charge in [0.25, 0.3) is 0 Å². The summed E-state index contributed by atoms with van der Waals surface area (Å²) >= 11 is 7.32. The zero-order chi connectivity index (χ0) is 38.5. The molecule has 2 heterocycles. The number of pyridine rings is 2. The third-order valence-corrected chi connectivity index (χ3v) is 7.53. The molecule has 0 aliphatic rings. The van der Waals surface area contributed by atoms with Crippen LogP contribution < -0.4 is 10.2 Å². The van der Waals surface area contributed by atoms with Gasteiger partial charge in [-0.15, -0.1) is 0 Å². The summed E-state index contributed by atoms with van der Waals surface area (Å²) in [5, 5.41) is 25.6. The Labute approximate surface area is 325 Å². The molecule has 2 aromatic heterocycles. The zero-order valence-corrected chi connectivity index (χ0v) is 34.4. The van der Waals surface area contributed by atoms with E-state index in [1.54, 1.807) is 24.8 Å². The van der Waals surface area contributed by atoms with Crippen LogP contribution >= 0.6 is 20.2 Å². The molecule has 0 saturated carbocycles. The molecule has 0 radical (unpaired) electrons. The molecule has 0 fully saturated rings. The van der Waals surface area contributed by atoms with Crippen LogP contribution in [-0.2, 0) is 51.9 Å². The minimum atomic E-state index is -0.215. The number of hydrogen-bond acceptors (Lipinski definition) is 6. The molecule has 0 atom stereocenters. The van der Waals surface area contributed by atoms with Gasteiger partial charge in [-0.3, -0.25) is 20.0 Å². The normalized spacial score (nSPS) is 12.0. The van der Waals surface area contributed by atoms with E-state index >= 15 is 0 Å². The number of aromatic nitrogens is 2. The fraction of sp³-hybridized carbons (Fsp3) is 0.400. The van der Waals surface area contributed by atoms with Crippen molar-refractivity contribution >= 4 is 44.0 Å². The second-order valence-electron chi connectivity index (χ2n) is 15.8. The summed E-state index contributed by atoms with van der Waals surface area (Å²) in [7, 11) is 8.40. The van der Waals surface area contributed by atoms with E-state index in [2.05, 4.69) is 153 Å². The molecular formula is C40H50Cl2Cu2N4O2. The van der Waals surface area contributed by atoms with Gasteiger partial charge in [-0.05, 0) is 80.3 Å². The van der Waals surface area contributed by atoms with Crippen molar-refractivity contribution in [1.82, 2.24) is 9.97 Å². The van der Waals surface area contributed by atoms with Crippen LogP contribution in [0.15, 0.2) is 83.0 Å². The van der Waals surface area contributed by atoms with E-state index in [0.29, 0.717) is 11.4 Å². The third kappa shape index (κ3) is 14.1. The monoisotopic (exact) mass is 814 g/mol. The van der Waals surface area contributed by atoms with Crippen LogP contribution in [0, 0.1) is 0 Å². The molecule has 278 valence electrons. The second-order valence-corrected chi connectivity index (χ2v) is 15.8. The summed E-state index contributed by atoms with van der Waals surface area (Å²) in [4.78, 5) is 17.3. The Morgan fingerprint density at radius 1 is 0.520 bits per heavy atom. The van der Waals surface area contributed by atoms with E-state index in [-0.39, 0.29) is 33.2 Å². The van der Waals surface area contributed by atoms with E-state index in [9.17, 15) is 10.2 Å². The first-order valence-electron chi connectivity index (χ1n) is 16.0. The Morgan fingerprint density at radius 3 is 1.08 bits per heavy atom. The van der Waals surface area contributed by atoms with Crippen LogP contribution in [0.5, 0.6) is 11.5 Å². The second kappa shape index (κ2) is 19.8. The number of halogens is 2. The van der Waals surface area contributed by atoms with Gasteiger partial charge in [0.05, 0.1) is 35.2 Å². The fourth-order valence-electron chi connectivity index (χ4n) is 4.58. The third-order valence-electron chi connectivity index (χ3n) is 7.53. The minimum absolute atomic E-state index is 0.00215. The van der Waals surface area contributed by atoms with Crippen LogP contribution in [0.2, 0.25) is 0 Å². The Hall–Kier alpha value is -2.70. The molecule has 0 aliphatic carbocycles. The summed E-state index contributed by atoms with van der Waals surface area (Å²) in [6, 6.07) is 19.1. The van der Waals surface area contributed by atoms with Gasteiger partial charge < -0.3 is 10.2 Å². The Kier molecular flexibility index (Phi) is 17.9. The van der Waals surface area contributed by atoms with Crippen LogP contribution in [0.1, 0.15) is 117 Å². The first kappa shape index (κ1) is 45.3. The quantitative estimate of drug-likeness (QED) is 0.151. The molecule has 0 spiro atoms.